The van der Waals surface area contributed by atoms with Crippen molar-refractivity contribution in [2.45, 2.75) is 39.3 Å². The Hall–Kier alpha value is -0.870. The molecule has 1 aromatic rings. The van der Waals surface area contributed by atoms with Crippen molar-refractivity contribution in [1.29, 1.82) is 0 Å². The summed E-state index contributed by atoms with van der Waals surface area (Å²) in [5.74, 6) is 0.747. The van der Waals surface area contributed by atoms with Gasteiger partial charge in [0.2, 0.25) is 0 Å². The van der Waals surface area contributed by atoms with Gasteiger partial charge in [-0.25, -0.2) is 9.97 Å². The van der Waals surface area contributed by atoms with Gasteiger partial charge in [-0.3, -0.25) is 0 Å². The van der Waals surface area contributed by atoms with Gasteiger partial charge in [0.25, 0.3) is 0 Å². The maximum atomic E-state index is 6.17. The van der Waals surface area contributed by atoms with Crippen molar-refractivity contribution in [3.63, 3.8) is 0 Å². The van der Waals surface area contributed by atoms with E-state index in [0.717, 1.165) is 30.2 Å². The van der Waals surface area contributed by atoms with Gasteiger partial charge in [-0.1, -0.05) is 11.6 Å². The van der Waals surface area contributed by atoms with E-state index in [-0.39, 0.29) is 6.10 Å². The van der Waals surface area contributed by atoms with Crippen LogP contribution in [0.3, 0.4) is 0 Å². The lowest BCUT2D eigenvalue weighted by molar-refractivity contribution is 0.118. The summed E-state index contributed by atoms with van der Waals surface area (Å²) < 4.78 is 5.57. The molecule has 2 unspecified atom stereocenters. The first kappa shape index (κ1) is 12.6. The largest absolute Gasteiger partial charge is 0.376 e. The third-order valence-corrected chi connectivity index (χ3v) is 3.67. The highest BCUT2D eigenvalue weighted by Crippen LogP contribution is 2.28. The zero-order valence-electron chi connectivity index (χ0n) is 10.7. The Morgan fingerprint density at radius 2 is 1.94 bits per heavy atom. The summed E-state index contributed by atoms with van der Waals surface area (Å²) >= 11 is 6.17. The molecule has 4 nitrogen and oxygen atoms in total. The Morgan fingerprint density at radius 3 is 2.53 bits per heavy atom. The Labute approximate surface area is 107 Å². The minimum atomic E-state index is 0.208. The molecule has 0 bridgehead atoms. The summed E-state index contributed by atoms with van der Waals surface area (Å²) in [4.78, 5) is 10.9. The summed E-state index contributed by atoms with van der Waals surface area (Å²) in [6, 6.07) is 0.323. The van der Waals surface area contributed by atoms with Gasteiger partial charge in [-0.2, -0.15) is 0 Å². The van der Waals surface area contributed by atoms with Crippen LogP contribution in [0, 0.1) is 13.8 Å². The first-order valence-electron chi connectivity index (χ1n) is 5.86. The molecule has 0 aliphatic carbocycles. The molecule has 1 aromatic heterocycles. The molecular formula is C12H18ClN3O. The Bertz CT molecular complexity index is 424. The molecule has 0 aromatic carbocycles. The smallest absolute Gasteiger partial charge is 0.171 e. The van der Waals surface area contributed by atoms with Crippen LogP contribution in [0.4, 0.5) is 5.82 Å². The molecule has 94 valence electrons. The van der Waals surface area contributed by atoms with Crippen molar-refractivity contribution < 1.29 is 4.74 Å². The second-order valence-corrected chi connectivity index (χ2v) is 4.91. The van der Waals surface area contributed by atoms with E-state index in [9.17, 15) is 0 Å². The summed E-state index contributed by atoms with van der Waals surface area (Å²) in [6.45, 7) is 6.74. The first-order chi connectivity index (χ1) is 8.00. The first-order valence-corrected chi connectivity index (χ1v) is 6.23. The number of ether oxygens (including phenoxy) is 1. The highest BCUT2D eigenvalue weighted by Gasteiger charge is 2.30. The van der Waals surface area contributed by atoms with Gasteiger partial charge in [0.15, 0.2) is 11.0 Å². The van der Waals surface area contributed by atoms with E-state index in [2.05, 4.69) is 21.8 Å². The highest BCUT2D eigenvalue weighted by atomic mass is 35.5. The third-order valence-electron chi connectivity index (χ3n) is 3.42. The summed E-state index contributed by atoms with van der Waals surface area (Å²) in [5.41, 5.74) is 1.80. The molecule has 1 aliphatic rings. The second-order valence-electron chi connectivity index (χ2n) is 4.55. The third kappa shape index (κ3) is 2.38. The average Bonchev–Trinajstić information content (AvgIpc) is 2.69. The van der Waals surface area contributed by atoms with E-state index in [1.807, 2.05) is 20.9 Å². The number of rotatable bonds is 2. The quantitative estimate of drug-likeness (QED) is 0.813. The molecule has 2 atom stereocenters. The molecule has 0 saturated carbocycles. The van der Waals surface area contributed by atoms with Crippen LogP contribution in [-0.2, 0) is 4.74 Å². The van der Waals surface area contributed by atoms with Gasteiger partial charge >= 0.3 is 0 Å². The molecule has 0 spiro atoms. The number of halogens is 1. The molecule has 2 heterocycles. The molecule has 17 heavy (non-hydrogen) atoms. The predicted molar refractivity (Wildman–Crippen MR) is 68.7 cm³/mol. The molecule has 1 fully saturated rings. The van der Waals surface area contributed by atoms with Gasteiger partial charge in [-0.05, 0) is 27.2 Å². The lowest BCUT2D eigenvalue weighted by Crippen LogP contribution is -2.37. The maximum Gasteiger partial charge on any atom is 0.171 e. The van der Waals surface area contributed by atoms with E-state index in [1.165, 1.54) is 0 Å². The summed E-state index contributed by atoms with van der Waals surface area (Å²) in [5, 5.41) is 0.467. The van der Waals surface area contributed by atoms with Gasteiger partial charge in [0.1, 0.15) is 0 Å². The highest BCUT2D eigenvalue weighted by molar-refractivity contribution is 6.31. The number of aromatic nitrogens is 2. The van der Waals surface area contributed by atoms with E-state index < -0.39 is 0 Å². The monoisotopic (exact) mass is 255 g/mol. The molecule has 1 saturated heterocycles. The lowest BCUT2D eigenvalue weighted by Gasteiger charge is -2.28. The number of hydrogen-bond acceptors (Lipinski definition) is 4. The van der Waals surface area contributed by atoms with Crippen molar-refractivity contribution >= 4 is 17.4 Å². The molecule has 1 aliphatic heterocycles. The fourth-order valence-electron chi connectivity index (χ4n) is 2.17. The van der Waals surface area contributed by atoms with E-state index in [1.54, 1.807) is 0 Å². The second kappa shape index (κ2) is 4.78. The fourth-order valence-corrected chi connectivity index (χ4v) is 2.48. The van der Waals surface area contributed by atoms with Gasteiger partial charge in [-0.15, -0.1) is 0 Å². The van der Waals surface area contributed by atoms with Crippen LogP contribution in [0.15, 0.2) is 0 Å². The van der Waals surface area contributed by atoms with E-state index in [0.29, 0.717) is 11.2 Å². The minimum Gasteiger partial charge on any atom is -0.376 e. The van der Waals surface area contributed by atoms with Crippen molar-refractivity contribution in [3.05, 3.63) is 16.5 Å². The molecule has 0 N–H and O–H groups in total. The average molecular weight is 256 g/mol. The number of nitrogens with zero attached hydrogens (tertiary/aromatic N) is 3. The van der Waals surface area contributed by atoms with E-state index >= 15 is 0 Å². The van der Waals surface area contributed by atoms with E-state index in [4.69, 9.17) is 16.3 Å². The number of anilines is 1. The van der Waals surface area contributed by atoms with Crippen LogP contribution in [-0.4, -0.2) is 35.8 Å². The number of hydrogen-bond donors (Lipinski definition) is 0. The van der Waals surface area contributed by atoms with Gasteiger partial charge < -0.3 is 9.64 Å². The standard InChI is InChI=1S/C12H18ClN3O/c1-7-8(2)15-12(11(13)14-7)16(4)10-5-6-17-9(10)3/h9-10H,5-6H2,1-4H3. The topological polar surface area (TPSA) is 38.2 Å². The van der Waals surface area contributed by atoms with Crippen LogP contribution in [0.1, 0.15) is 24.7 Å². The molecule has 2 rings (SSSR count). The summed E-state index contributed by atoms with van der Waals surface area (Å²) in [7, 11) is 2.00. The zero-order chi connectivity index (χ0) is 12.6. The molecule has 0 radical (unpaired) electrons. The van der Waals surface area contributed by atoms with Crippen LogP contribution >= 0.6 is 11.6 Å². The zero-order valence-corrected chi connectivity index (χ0v) is 11.5. The van der Waals surface area contributed by atoms with Crippen molar-refractivity contribution in [3.8, 4) is 0 Å². The number of likely N-dealkylation sites (N-methyl/N-ethyl adjacent to an activating group) is 1. The van der Waals surface area contributed by atoms with Crippen molar-refractivity contribution in [2.24, 2.45) is 0 Å². The molecule has 0 amide bonds. The molecule has 5 heteroatoms. The van der Waals surface area contributed by atoms with Crippen LogP contribution in [0.5, 0.6) is 0 Å². The van der Waals surface area contributed by atoms with Crippen LogP contribution < -0.4 is 4.90 Å². The normalized spacial score (nSPS) is 24.1. The minimum absolute atomic E-state index is 0.208. The van der Waals surface area contributed by atoms with Crippen LogP contribution in [0.2, 0.25) is 5.15 Å². The van der Waals surface area contributed by atoms with Crippen LogP contribution in [0.25, 0.3) is 0 Å². The Kier molecular flexibility index (Phi) is 3.54. The lowest BCUT2D eigenvalue weighted by atomic mass is 10.1. The predicted octanol–water partition coefficient (Wildman–Crippen LogP) is 2.36. The maximum absolute atomic E-state index is 6.17. The Morgan fingerprint density at radius 1 is 1.29 bits per heavy atom. The van der Waals surface area contributed by atoms with Crippen molar-refractivity contribution in [2.75, 3.05) is 18.6 Å². The van der Waals surface area contributed by atoms with Gasteiger partial charge in [0.05, 0.1) is 23.5 Å². The SMILES string of the molecule is Cc1nc(Cl)c(N(C)C2CCOC2C)nc1C. The Balaban J connectivity index is 2.30. The number of aryl methyl sites for hydroxylation is 2. The molecular weight excluding hydrogens is 238 g/mol. The fraction of sp³-hybridized carbons (Fsp3) is 0.667. The van der Waals surface area contributed by atoms with Gasteiger partial charge in [0, 0.05) is 13.7 Å². The summed E-state index contributed by atoms with van der Waals surface area (Å²) in [6.07, 6.45) is 1.21. The van der Waals surface area contributed by atoms with Crippen molar-refractivity contribution in [1.82, 2.24) is 9.97 Å².